The zero-order valence-electron chi connectivity index (χ0n) is 11.9. The number of amides is 3. The first-order chi connectivity index (χ1) is 9.86. The molecule has 2 atom stereocenters. The third-order valence-electron chi connectivity index (χ3n) is 3.22. The van der Waals surface area contributed by atoms with Crippen LogP contribution in [-0.4, -0.2) is 66.2 Å². The van der Waals surface area contributed by atoms with Crippen LogP contribution < -0.4 is 10.6 Å². The number of carbonyl (C=O) groups is 4. The molecule has 0 bridgehead atoms. The summed E-state index contributed by atoms with van der Waals surface area (Å²) >= 11 is 0. The number of nitrogens with zero attached hydrogens (tertiary/aromatic N) is 1. The average Bonchev–Trinajstić information content (AvgIpc) is 2.45. The number of urea groups is 1. The van der Waals surface area contributed by atoms with E-state index in [1.807, 2.05) is 0 Å². The lowest BCUT2D eigenvalue weighted by atomic mass is 10.1. The number of hydrogen-bond acceptors (Lipinski definition) is 5. The lowest BCUT2D eigenvalue weighted by molar-refractivity contribution is -0.142. The summed E-state index contributed by atoms with van der Waals surface area (Å²) in [4.78, 5) is 46.9. The fourth-order valence-corrected chi connectivity index (χ4v) is 1.91. The maximum Gasteiger partial charge on any atom is 0.326 e. The van der Waals surface area contributed by atoms with E-state index >= 15 is 0 Å². The van der Waals surface area contributed by atoms with Gasteiger partial charge < -0.3 is 25.4 Å². The van der Waals surface area contributed by atoms with Crippen molar-refractivity contribution in [3.63, 3.8) is 0 Å². The third kappa shape index (κ3) is 4.62. The Kier molecular flexibility index (Phi) is 5.94. The second kappa shape index (κ2) is 7.46. The van der Waals surface area contributed by atoms with E-state index in [2.05, 4.69) is 15.4 Å². The summed E-state index contributed by atoms with van der Waals surface area (Å²) in [6, 6.07) is -2.53. The lowest BCUT2D eigenvalue weighted by Crippen LogP contribution is -2.59. The van der Waals surface area contributed by atoms with Crippen molar-refractivity contribution in [2.24, 2.45) is 0 Å². The van der Waals surface area contributed by atoms with E-state index in [0.717, 1.165) is 0 Å². The summed E-state index contributed by atoms with van der Waals surface area (Å²) in [6.07, 6.45) is -0.202. The van der Waals surface area contributed by atoms with Gasteiger partial charge in [-0.15, -0.1) is 0 Å². The normalized spacial score (nSPS) is 19.4. The van der Waals surface area contributed by atoms with E-state index in [9.17, 15) is 19.2 Å². The minimum Gasteiger partial charge on any atom is -0.480 e. The van der Waals surface area contributed by atoms with Gasteiger partial charge in [0, 0.05) is 19.5 Å². The van der Waals surface area contributed by atoms with Crippen molar-refractivity contribution in [2.45, 2.75) is 31.8 Å². The first-order valence-corrected chi connectivity index (χ1v) is 6.51. The Labute approximate surface area is 121 Å². The molecule has 118 valence electrons. The minimum atomic E-state index is -1.25. The Morgan fingerprint density at radius 1 is 1.52 bits per heavy atom. The predicted octanol–water partition coefficient (Wildman–Crippen LogP) is -1.08. The summed E-state index contributed by atoms with van der Waals surface area (Å²) in [5.74, 6) is -2.10. The molecule has 0 aromatic carbocycles. The molecule has 0 aliphatic carbocycles. The third-order valence-corrected chi connectivity index (χ3v) is 3.22. The van der Waals surface area contributed by atoms with Crippen molar-refractivity contribution in [2.75, 3.05) is 20.2 Å². The maximum absolute atomic E-state index is 12.0. The van der Waals surface area contributed by atoms with Gasteiger partial charge in [0.1, 0.15) is 12.1 Å². The second-order valence-corrected chi connectivity index (χ2v) is 4.62. The Morgan fingerprint density at radius 2 is 2.19 bits per heavy atom. The predicted molar refractivity (Wildman–Crippen MR) is 70.4 cm³/mol. The van der Waals surface area contributed by atoms with Gasteiger partial charge >= 0.3 is 18.0 Å². The van der Waals surface area contributed by atoms with Crippen LogP contribution in [0, 0.1) is 0 Å². The molecule has 0 spiro atoms. The summed E-state index contributed by atoms with van der Waals surface area (Å²) in [6.45, 7) is 2.16. The van der Waals surface area contributed by atoms with E-state index in [1.54, 1.807) is 6.92 Å². The van der Waals surface area contributed by atoms with Crippen LogP contribution in [0.25, 0.3) is 0 Å². The number of nitrogens with one attached hydrogen (secondary N) is 2. The van der Waals surface area contributed by atoms with Crippen LogP contribution in [-0.2, 0) is 19.1 Å². The van der Waals surface area contributed by atoms with Crippen LogP contribution in [0.4, 0.5) is 4.79 Å². The zero-order valence-corrected chi connectivity index (χ0v) is 11.9. The topological polar surface area (TPSA) is 125 Å². The number of methoxy groups -OCH3 is 1. The van der Waals surface area contributed by atoms with Crippen molar-refractivity contribution < 1.29 is 29.0 Å². The van der Waals surface area contributed by atoms with Crippen molar-refractivity contribution in [1.29, 1.82) is 0 Å². The highest BCUT2D eigenvalue weighted by Crippen LogP contribution is 2.06. The van der Waals surface area contributed by atoms with E-state index in [-0.39, 0.29) is 18.7 Å². The largest absolute Gasteiger partial charge is 0.480 e. The smallest absolute Gasteiger partial charge is 0.326 e. The van der Waals surface area contributed by atoms with Gasteiger partial charge in [-0.2, -0.15) is 0 Å². The first kappa shape index (κ1) is 16.7. The number of carboxylic acid groups (broad SMARTS) is 1. The zero-order chi connectivity index (χ0) is 16.0. The highest BCUT2D eigenvalue weighted by Gasteiger charge is 2.31. The molecule has 0 radical (unpaired) electrons. The molecule has 0 saturated carbocycles. The van der Waals surface area contributed by atoms with E-state index < -0.39 is 30.1 Å². The maximum atomic E-state index is 12.0. The molecule has 0 aromatic heterocycles. The number of hydrogen-bond donors (Lipinski definition) is 3. The average molecular weight is 301 g/mol. The molecule has 1 heterocycles. The van der Waals surface area contributed by atoms with Crippen molar-refractivity contribution in [3.8, 4) is 0 Å². The summed E-state index contributed by atoms with van der Waals surface area (Å²) in [7, 11) is 1.20. The molecule has 1 rings (SSSR count). The first-order valence-electron chi connectivity index (χ1n) is 6.51. The van der Waals surface area contributed by atoms with Crippen LogP contribution in [0.3, 0.4) is 0 Å². The SMILES string of the molecule is COC(=O)CC[C@H](NC(=O)N1CCNC(=O)C1C)C(=O)O. The van der Waals surface area contributed by atoms with Crippen molar-refractivity contribution in [1.82, 2.24) is 15.5 Å². The van der Waals surface area contributed by atoms with Gasteiger partial charge in [0.05, 0.1) is 7.11 Å². The molecular weight excluding hydrogens is 282 g/mol. The van der Waals surface area contributed by atoms with Crippen LogP contribution >= 0.6 is 0 Å². The summed E-state index contributed by atoms with van der Waals surface area (Å²) < 4.78 is 4.42. The fourth-order valence-electron chi connectivity index (χ4n) is 1.91. The quantitative estimate of drug-likeness (QED) is 0.555. The molecule has 1 unspecified atom stereocenters. The molecule has 9 heteroatoms. The minimum absolute atomic E-state index is 0.0812. The van der Waals surface area contributed by atoms with Gasteiger partial charge in [-0.05, 0) is 13.3 Å². The summed E-state index contributed by atoms with van der Waals surface area (Å²) in [5.41, 5.74) is 0. The molecule has 3 N–H and O–H groups in total. The van der Waals surface area contributed by atoms with Crippen LogP contribution in [0.2, 0.25) is 0 Å². The Morgan fingerprint density at radius 3 is 2.76 bits per heavy atom. The Bertz CT molecular complexity index is 439. The fraction of sp³-hybridized carbons (Fsp3) is 0.667. The van der Waals surface area contributed by atoms with Crippen molar-refractivity contribution in [3.05, 3.63) is 0 Å². The molecule has 1 aliphatic heterocycles. The van der Waals surface area contributed by atoms with Gasteiger partial charge in [-0.1, -0.05) is 0 Å². The number of rotatable bonds is 5. The van der Waals surface area contributed by atoms with Gasteiger partial charge in [-0.25, -0.2) is 9.59 Å². The molecular formula is C12H19N3O6. The number of esters is 1. The molecule has 1 saturated heterocycles. The molecule has 9 nitrogen and oxygen atoms in total. The van der Waals surface area contributed by atoms with Crippen LogP contribution in [0.1, 0.15) is 19.8 Å². The van der Waals surface area contributed by atoms with E-state index in [4.69, 9.17) is 5.11 Å². The number of piperazine rings is 1. The van der Waals surface area contributed by atoms with Gasteiger partial charge in [0.25, 0.3) is 0 Å². The molecule has 3 amide bonds. The molecule has 1 aliphatic rings. The molecule has 21 heavy (non-hydrogen) atoms. The standard InChI is InChI=1S/C12H19N3O6/c1-7-10(17)13-5-6-15(7)12(20)14-8(11(18)19)3-4-9(16)21-2/h7-8H,3-6H2,1-2H3,(H,13,17)(H,14,20)(H,18,19)/t7?,8-/m0/s1. The van der Waals surface area contributed by atoms with Crippen LogP contribution in [0.5, 0.6) is 0 Å². The van der Waals surface area contributed by atoms with E-state index in [0.29, 0.717) is 13.1 Å². The second-order valence-electron chi connectivity index (χ2n) is 4.62. The highest BCUT2D eigenvalue weighted by atomic mass is 16.5. The lowest BCUT2D eigenvalue weighted by Gasteiger charge is -2.33. The number of carboxylic acids is 1. The summed E-state index contributed by atoms with van der Waals surface area (Å²) in [5, 5.41) is 14.0. The molecule has 1 fully saturated rings. The number of carbonyl (C=O) groups excluding carboxylic acids is 3. The monoisotopic (exact) mass is 301 g/mol. The Hall–Kier alpha value is -2.32. The van der Waals surface area contributed by atoms with Gasteiger partial charge in [0.2, 0.25) is 5.91 Å². The number of aliphatic carboxylic acids is 1. The Balaban J connectivity index is 2.61. The number of ether oxygens (including phenoxy) is 1. The van der Waals surface area contributed by atoms with E-state index in [1.165, 1.54) is 12.0 Å². The van der Waals surface area contributed by atoms with Gasteiger partial charge in [0.15, 0.2) is 0 Å². The van der Waals surface area contributed by atoms with Crippen LogP contribution in [0.15, 0.2) is 0 Å². The highest BCUT2D eigenvalue weighted by molar-refractivity contribution is 5.89. The van der Waals surface area contributed by atoms with Crippen molar-refractivity contribution >= 4 is 23.9 Å². The molecule has 0 aromatic rings. The van der Waals surface area contributed by atoms with Gasteiger partial charge in [-0.3, -0.25) is 9.59 Å².